The van der Waals surface area contributed by atoms with Crippen LogP contribution in [-0.2, 0) is 16.0 Å². The second-order valence-corrected chi connectivity index (χ2v) is 6.36. The maximum absolute atomic E-state index is 11.8. The normalized spacial score (nSPS) is 16.3. The molecule has 1 amide bonds. The molecule has 6 nitrogen and oxygen atoms in total. The largest absolute Gasteiger partial charge is 0.508 e. The van der Waals surface area contributed by atoms with Crippen molar-refractivity contribution in [1.82, 2.24) is 4.90 Å². The van der Waals surface area contributed by atoms with Crippen molar-refractivity contribution in [2.75, 3.05) is 31.6 Å². The number of rotatable bonds is 3. The van der Waals surface area contributed by atoms with Crippen LogP contribution in [0.25, 0.3) is 0 Å². The molecule has 2 rings (SSSR count). The number of hydrogen-bond acceptors (Lipinski definition) is 5. The summed E-state index contributed by atoms with van der Waals surface area (Å²) in [7, 11) is 0. The van der Waals surface area contributed by atoms with Crippen molar-refractivity contribution in [3.63, 3.8) is 0 Å². The number of hydrogen-bond donors (Lipinski definition) is 2. The fourth-order valence-corrected chi connectivity index (χ4v) is 2.21. The predicted molar refractivity (Wildman–Crippen MR) is 84.1 cm³/mol. The van der Waals surface area contributed by atoms with Crippen LogP contribution in [-0.4, -0.2) is 48.0 Å². The number of ether oxygens (including phenoxy) is 2. The number of morpholine rings is 1. The lowest BCUT2D eigenvalue weighted by atomic mass is 10.1. The Labute approximate surface area is 131 Å². The van der Waals surface area contributed by atoms with E-state index in [1.54, 1.807) is 18.2 Å². The summed E-state index contributed by atoms with van der Waals surface area (Å²) in [6.45, 7) is 9.15. The molecule has 6 heteroatoms. The lowest BCUT2D eigenvalue weighted by Crippen LogP contribution is -2.35. The van der Waals surface area contributed by atoms with Crippen molar-refractivity contribution in [1.29, 1.82) is 0 Å². The van der Waals surface area contributed by atoms with Crippen molar-refractivity contribution in [2.24, 2.45) is 0 Å². The highest BCUT2D eigenvalue weighted by molar-refractivity contribution is 5.85. The zero-order chi connectivity index (χ0) is 16.2. The van der Waals surface area contributed by atoms with Crippen LogP contribution in [0.3, 0.4) is 0 Å². The van der Waals surface area contributed by atoms with E-state index in [4.69, 9.17) is 9.47 Å². The first-order chi connectivity index (χ1) is 10.3. The van der Waals surface area contributed by atoms with Crippen LogP contribution in [0.1, 0.15) is 26.3 Å². The van der Waals surface area contributed by atoms with E-state index in [1.807, 2.05) is 20.8 Å². The Bertz CT molecular complexity index is 519. The molecule has 0 aromatic heterocycles. The number of nitrogens with zero attached hydrogens (tertiary/aromatic N) is 1. The maximum Gasteiger partial charge on any atom is 0.412 e. The van der Waals surface area contributed by atoms with Gasteiger partial charge in [-0.1, -0.05) is 0 Å². The summed E-state index contributed by atoms with van der Waals surface area (Å²) in [5.41, 5.74) is 0.836. The molecule has 0 radical (unpaired) electrons. The van der Waals surface area contributed by atoms with E-state index in [0.717, 1.165) is 18.7 Å². The SMILES string of the molecule is CC(C)(C)OC(=O)Nc1ccc(O)c(CN2CCOCC2)c1. The molecule has 2 N–H and O–H groups in total. The molecule has 0 unspecified atom stereocenters. The van der Waals surface area contributed by atoms with Gasteiger partial charge < -0.3 is 14.6 Å². The van der Waals surface area contributed by atoms with Crippen molar-refractivity contribution < 1.29 is 19.4 Å². The minimum atomic E-state index is -0.544. The second-order valence-electron chi connectivity index (χ2n) is 6.36. The number of carbonyl (C=O) groups is 1. The molecular weight excluding hydrogens is 284 g/mol. The highest BCUT2D eigenvalue weighted by atomic mass is 16.6. The molecule has 22 heavy (non-hydrogen) atoms. The number of carbonyl (C=O) groups excluding carboxylic acids is 1. The van der Waals surface area contributed by atoms with Gasteiger partial charge in [0.25, 0.3) is 0 Å². The van der Waals surface area contributed by atoms with Crippen LogP contribution in [0.4, 0.5) is 10.5 Å². The molecule has 1 heterocycles. The van der Waals surface area contributed by atoms with Gasteiger partial charge in [-0.25, -0.2) is 4.79 Å². The first-order valence-electron chi connectivity index (χ1n) is 7.45. The van der Waals surface area contributed by atoms with Crippen molar-refractivity contribution in [3.8, 4) is 5.75 Å². The molecule has 1 aromatic rings. The molecule has 0 aliphatic carbocycles. The number of aromatic hydroxyl groups is 1. The highest BCUT2D eigenvalue weighted by Crippen LogP contribution is 2.24. The Morgan fingerprint density at radius 1 is 1.36 bits per heavy atom. The smallest absolute Gasteiger partial charge is 0.412 e. The zero-order valence-electron chi connectivity index (χ0n) is 13.4. The number of phenolic OH excluding ortho intramolecular Hbond substituents is 1. The Balaban J connectivity index is 2.01. The quantitative estimate of drug-likeness (QED) is 0.840. The number of anilines is 1. The van der Waals surface area contributed by atoms with Gasteiger partial charge in [0.2, 0.25) is 0 Å². The Morgan fingerprint density at radius 3 is 2.68 bits per heavy atom. The molecule has 1 saturated heterocycles. The van der Waals surface area contributed by atoms with Crippen molar-refractivity contribution in [2.45, 2.75) is 32.9 Å². The van der Waals surface area contributed by atoms with E-state index in [9.17, 15) is 9.90 Å². The summed E-state index contributed by atoms with van der Waals surface area (Å²) in [4.78, 5) is 14.0. The van der Waals surface area contributed by atoms with Gasteiger partial charge >= 0.3 is 6.09 Å². The third-order valence-corrected chi connectivity index (χ3v) is 3.22. The lowest BCUT2D eigenvalue weighted by Gasteiger charge is -2.27. The van der Waals surface area contributed by atoms with Crippen LogP contribution in [0.5, 0.6) is 5.75 Å². The summed E-state index contributed by atoms with van der Waals surface area (Å²) in [5.74, 6) is 0.223. The van der Waals surface area contributed by atoms with Gasteiger partial charge in [-0.15, -0.1) is 0 Å². The molecule has 0 spiro atoms. The Kier molecular flexibility index (Phi) is 5.26. The molecule has 1 aliphatic heterocycles. The van der Waals surface area contributed by atoms with Crippen LogP contribution in [0, 0.1) is 0 Å². The van der Waals surface area contributed by atoms with E-state index in [2.05, 4.69) is 10.2 Å². The monoisotopic (exact) mass is 308 g/mol. The summed E-state index contributed by atoms with van der Waals surface area (Å²) in [6, 6.07) is 5.01. The van der Waals surface area contributed by atoms with Crippen molar-refractivity contribution >= 4 is 11.8 Å². The molecule has 0 saturated carbocycles. The predicted octanol–water partition coefficient (Wildman–Crippen LogP) is 2.57. The number of benzene rings is 1. The molecular formula is C16H24N2O4. The third kappa shape index (κ3) is 5.20. The van der Waals surface area contributed by atoms with Crippen molar-refractivity contribution in [3.05, 3.63) is 23.8 Å². The first kappa shape index (κ1) is 16.6. The third-order valence-electron chi connectivity index (χ3n) is 3.22. The van der Waals surface area contributed by atoms with Crippen LogP contribution < -0.4 is 5.32 Å². The molecule has 122 valence electrons. The molecule has 1 aromatic carbocycles. The average molecular weight is 308 g/mol. The molecule has 0 atom stereocenters. The molecule has 0 bridgehead atoms. The average Bonchev–Trinajstić information content (AvgIpc) is 2.41. The van der Waals surface area contributed by atoms with Gasteiger partial charge in [-0.3, -0.25) is 10.2 Å². The van der Waals surface area contributed by atoms with E-state index < -0.39 is 11.7 Å². The zero-order valence-corrected chi connectivity index (χ0v) is 13.4. The van der Waals surface area contributed by atoms with Gasteiger partial charge in [-0.2, -0.15) is 0 Å². The standard InChI is InChI=1S/C16H24N2O4/c1-16(2,3)22-15(20)17-13-4-5-14(19)12(10-13)11-18-6-8-21-9-7-18/h4-5,10,19H,6-9,11H2,1-3H3,(H,17,20). The maximum atomic E-state index is 11.8. The lowest BCUT2D eigenvalue weighted by molar-refractivity contribution is 0.0339. The molecule has 1 aliphatic rings. The summed E-state index contributed by atoms with van der Waals surface area (Å²) in [5, 5.41) is 12.7. The highest BCUT2D eigenvalue weighted by Gasteiger charge is 2.17. The fraction of sp³-hybridized carbons (Fsp3) is 0.562. The van der Waals surface area contributed by atoms with Crippen LogP contribution in [0.15, 0.2) is 18.2 Å². The van der Waals surface area contributed by atoms with E-state index >= 15 is 0 Å². The first-order valence-corrected chi connectivity index (χ1v) is 7.45. The van der Waals surface area contributed by atoms with Crippen LogP contribution in [0.2, 0.25) is 0 Å². The van der Waals surface area contributed by atoms with E-state index in [-0.39, 0.29) is 5.75 Å². The minimum absolute atomic E-state index is 0.223. The number of nitrogens with one attached hydrogen (secondary N) is 1. The summed E-state index contributed by atoms with van der Waals surface area (Å²) < 4.78 is 10.5. The number of phenols is 1. The topological polar surface area (TPSA) is 71.0 Å². The Morgan fingerprint density at radius 2 is 2.05 bits per heavy atom. The molecule has 1 fully saturated rings. The fourth-order valence-electron chi connectivity index (χ4n) is 2.21. The van der Waals surface area contributed by atoms with Gasteiger partial charge in [0.1, 0.15) is 11.4 Å². The van der Waals surface area contributed by atoms with Gasteiger partial charge in [0, 0.05) is 30.9 Å². The van der Waals surface area contributed by atoms with Gasteiger partial charge in [-0.05, 0) is 39.0 Å². The summed E-state index contributed by atoms with van der Waals surface area (Å²) in [6.07, 6.45) is -0.504. The van der Waals surface area contributed by atoms with Crippen LogP contribution >= 0.6 is 0 Å². The Hall–Kier alpha value is -1.79. The second kappa shape index (κ2) is 6.98. The summed E-state index contributed by atoms with van der Waals surface area (Å²) >= 11 is 0. The number of amides is 1. The van der Waals surface area contributed by atoms with E-state index in [0.29, 0.717) is 25.4 Å². The van der Waals surface area contributed by atoms with Gasteiger partial charge in [0.05, 0.1) is 13.2 Å². The van der Waals surface area contributed by atoms with E-state index in [1.165, 1.54) is 0 Å². The van der Waals surface area contributed by atoms with Gasteiger partial charge in [0.15, 0.2) is 0 Å². The minimum Gasteiger partial charge on any atom is -0.508 e.